The number of rotatable bonds is 14. The molecule has 0 aliphatic carbocycles. The van der Waals surface area contributed by atoms with Crippen molar-refractivity contribution >= 4 is 0 Å². The van der Waals surface area contributed by atoms with Crippen LogP contribution in [0.5, 0.6) is 11.5 Å². The topological polar surface area (TPSA) is 95.8 Å². The molecule has 6 aromatic heterocycles. The van der Waals surface area contributed by atoms with Crippen LogP contribution in [0.1, 0.15) is 39.5 Å². The fourth-order valence-corrected chi connectivity index (χ4v) is 5.86. The summed E-state index contributed by atoms with van der Waals surface area (Å²) in [6, 6.07) is 35.9. The maximum absolute atomic E-state index is 6.65. The number of unbranched alkanes of at least 4 members (excludes halogenated alkanes) is 2. The number of hydrogen-bond acceptors (Lipinski definition) is 8. The fourth-order valence-electron chi connectivity index (χ4n) is 5.86. The second-order valence-electron chi connectivity index (χ2n) is 12.4. The number of ether oxygens (including phenoxy) is 2. The van der Waals surface area contributed by atoms with Gasteiger partial charge in [0.25, 0.3) is 0 Å². The van der Waals surface area contributed by atoms with Crippen LogP contribution in [0, 0.1) is 0 Å². The summed E-state index contributed by atoms with van der Waals surface area (Å²) in [4.78, 5) is 28.6. The van der Waals surface area contributed by atoms with E-state index in [0.29, 0.717) is 13.2 Å². The zero-order valence-electron chi connectivity index (χ0n) is 29.4. The lowest BCUT2D eigenvalue weighted by Gasteiger charge is -2.20. The number of hydrogen-bond donors (Lipinski definition) is 0. The molecule has 52 heavy (non-hydrogen) atoms. The van der Waals surface area contributed by atoms with Gasteiger partial charge >= 0.3 is 0 Å². The van der Waals surface area contributed by atoms with Gasteiger partial charge in [0.2, 0.25) is 0 Å². The third-order valence-corrected chi connectivity index (χ3v) is 8.57. The summed E-state index contributed by atoms with van der Waals surface area (Å²) in [6.07, 6.45) is 11.0. The first kappa shape index (κ1) is 34.2. The number of aromatic nitrogens is 6. The van der Waals surface area contributed by atoms with Crippen molar-refractivity contribution in [3.63, 3.8) is 0 Å². The Balaban J connectivity index is 1.46. The molecule has 1 aromatic carbocycles. The van der Waals surface area contributed by atoms with Gasteiger partial charge < -0.3 is 9.47 Å². The maximum atomic E-state index is 6.65. The van der Waals surface area contributed by atoms with Crippen LogP contribution >= 0.6 is 0 Å². The van der Waals surface area contributed by atoms with E-state index in [4.69, 9.17) is 19.4 Å². The Kier molecular flexibility index (Phi) is 10.9. The van der Waals surface area contributed by atoms with Crippen LogP contribution in [-0.4, -0.2) is 43.1 Å². The molecule has 0 radical (unpaired) electrons. The number of nitrogens with zero attached hydrogens (tertiary/aromatic N) is 6. The van der Waals surface area contributed by atoms with Gasteiger partial charge in [-0.15, -0.1) is 0 Å². The van der Waals surface area contributed by atoms with Gasteiger partial charge in [-0.3, -0.25) is 19.9 Å². The van der Waals surface area contributed by atoms with Crippen LogP contribution in [0.4, 0.5) is 0 Å². The Labute approximate surface area is 304 Å². The van der Waals surface area contributed by atoms with Gasteiger partial charge in [0.15, 0.2) is 0 Å². The standard InChI is InChI=1S/C44H40N6O2/c1-3-5-23-51-43-29-34(32-27-41(37-17-9-13-21-47-37)50-42(28-32)38-18-10-14-22-48-38)44(52-24-6-4-2)30-33(43)31-25-39(35-15-7-11-19-45-35)49-40(26-31)36-16-8-12-20-46-36/h7-22,25-30H,3-6,23-24H2,1-2H3. The molecule has 8 heteroatoms. The minimum Gasteiger partial charge on any atom is -0.493 e. The molecule has 7 rings (SSSR count). The molecule has 0 bridgehead atoms. The predicted molar refractivity (Wildman–Crippen MR) is 207 cm³/mol. The van der Waals surface area contributed by atoms with E-state index >= 15 is 0 Å². The van der Waals surface area contributed by atoms with E-state index in [-0.39, 0.29) is 0 Å². The quantitative estimate of drug-likeness (QED) is 0.104. The lowest BCUT2D eigenvalue weighted by molar-refractivity contribution is 0.303. The lowest BCUT2D eigenvalue weighted by atomic mass is 9.95. The van der Waals surface area contributed by atoms with Crippen molar-refractivity contribution in [1.29, 1.82) is 0 Å². The predicted octanol–water partition coefficient (Wildman–Crippen LogP) is 10.4. The minimum absolute atomic E-state index is 0.568. The van der Waals surface area contributed by atoms with E-state index in [1.807, 2.05) is 72.8 Å². The van der Waals surface area contributed by atoms with Gasteiger partial charge in [0.1, 0.15) is 11.5 Å². The summed E-state index contributed by atoms with van der Waals surface area (Å²) in [5.74, 6) is 1.49. The van der Waals surface area contributed by atoms with Crippen molar-refractivity contribution in [2.24, 2.45) is 0 Å². The molecule has 6 heterocycles. The van der Waals surface area contributed by atoms with Crippen LogP contribution in [0.3, 0.4) is 0 Å². The Hall–Kier alpha value is -6.28. The van der Waals surface area contributed by atoms with E-state index in [2.05, 4.69) is 70.2 Å². The zero-order valence-corrected chi connectivity index (χ0v) is 29.4. The highest BCUT2D eigenvalue weighted by molar-refractivity contribution is 5.86. The Morgan fingerprint density at radius 2 is 0.731 bits per heavy atom. The molecule has 0 unspecified atom stereocenters. The average Bonchev–Trinajstić information content (AvgIpc) is 3.22. The van der Waals surface area contributed by atoms with Crippen LogP contribution in [0.15, 0.2) is 134 Å². The van der Waals surface area contributed by atoms with Gasteiger partial charge in [0, 0.05) is 35.9 Å². The van der Waals surface area contributed by atoms with Crippen LogP contribution < -0.4 is 9.47 Å². The van der Waals surface area contributed by atoms with Crippen LogP contribution in [0.25, 0.3) is 67.8 Å². The number of pyridine rings is 6. The molecule has 0 aliphatic heterocycles. The van der Waals surface area contributed by atoms with Gasteiger partial charge in [0.05, 0.1) is 58.8 Å². The summed E-state index contributed by atoms with van der Waals surface area (Å²) in [6.45, 7) is 5.46. The third kappa shape index (κ3) is 8.02. The van der Waals surface area contributed by atoms with Crippen molar-refractivity contribution < 1.29 is 9.47 Å². The van der Waals surface area contributed by atoms with Crippen LogP contribution in [-0.2, 0) is 0 Å². The van der Waals surface area contributed by atoms with E-state index in [1.54, 1.807) is 24.8 Å². The fraction of sp³-hybridized carbons (Fsp3) is 0.182. The summed E-state index contributed by atoms with van der Waals surface area (Å²) >= 11 is 0. The molecule has 0 atom stereocenters. The van der Waals surface area contributed by atoms with Crippen molar-refractivity contribution in [2.75, 3.05) is 13.2 Å². The Morgan fingerprint density at radius 1 is 0.404 bits per heavy atom. The molecule has 7 aromatic rings. The molecule has 8 nitrogen and oxygen atoms in total. The molecule has 0 spiro atoms. The van der Waals surface area contributed by atoms with E-state index < -0.39 is 0 Å². The normalized spacial score (nSPS) is 11.0. The Morgan fingerprint density at radius 3 is 1.00 bits per heavy atom. The van der Waals surface area contributed by atoms with Gasteiger partial charge in [-0.25, -0.2) is 9.97 Å². The highest BCUT2D eigenvalue weighted by Crippen LogP contribution is 2.44. The molecule has 0 aliphatic rings. The first-order valence-corrected chi connectivity index (χ1v) is 17.8. The van der Waals surface area contributed by atoms with Gasteiger partial charge in [-0.05, 0) is 109 Å². The SMILES string of the molecule is CCCCOc1cc(-c2cc(-c3ccccn3)nc(-c3ccccn3)c2)c(OCCCC)cc1-c1cc(-c2ccccn2)nc(-c2ccccn2)c1. The zero-order chi connectivity index (χ0) is 35.5. The summed E-state index contributed by atoms with van der Waals surface area (Å²) < 4.78 is 13.3. The molecule has 0 saturated heterocycles. The first-order valence-electron chi connectivity index (χ1n) is 17.8. The first-order chi connectivity index (χ1) is 25.7. The highest BCUT2D eigenvalue weighted by atomic mass is 16.5. The van der Waals surface area contributed by atoms with Crippen molar-refractivity contribution in [2.45, 2.75) is 39.5 Å². The lowest BCUT2D eigenvalue weighted by Crippen LogP contribution is -2.03. The van der Waals surface area contributed by atoms with E-state index in [0.717, 1.165) is 105 Å². The van der Waals surface area contributed by atoms with Crippen LogP contribution in [0.2, 0.25) is 0 Å². The highest BCUT2D eigenvalue weighted by Gasteiger charge is 2.20. The summed E-state index contributed by atoms with van der Waals surface area (Å²) in [5, 5.41) is 0. The Bertz CT molecular complexity index is 1940. The minimum atomic E-state index is 0.568. The monoisotopic (exact) mass is 684 g/mol. The van der Waals surface area contributed by atoms with Crippen molar-refractivity contribution in [3.05, 3.63) is 134 Å². The molecule has 0 fully saturated rings. The van der Waals surface area contributed by atoms with Crippen molar-refractivity contribution in [1.82, 2.24) is 29.9 Å². The molecular formula is C44H40N6O2. The number of benzene rings is 1. The molecule has 0 amide bonds. The van der Waals surface area contributed by atoms with Gasteiger partial charge in [-0.1, -0.05) is 51.0 Å². The smallest absolute Gasteiger partial charge is 0.128 e. The maximum Gasteiger partial charge on any atom is 0.128 e. The van der Waals surface area contributed by atoms with E-state index in [1.165, 1.54) is 0 Å². The summed E-state index contributed by atoms with van der Waals surface area (Å²) in [5.41, 5.74) is 9.68. The largest absolute Gasteiger partial charge is 0.493 e. The summed E-state index contributed by atoms with van der Waals surface area (Å²) in [7, 11) is 0. The second kappa shape index (κ2) is 16.6. The molecule has 258 valence electrons. The third-order valence-electron chi connectivity index (χ3n) is 8.57. The second-order valence-corrected chi connectivity index (χ2v) is 12.4. The average molecular weight is 685 g/mol. The van der Waals surface area contributed by atoms with Crippen molar-refractivity contribution in [3.8, 4) is 79.3 Å². The molecule has 0 saturated carbocycles. The van der Waals surface area contributed by atoms with E-state index in [9.17, 15) is 0 Å². The molecule has 0 N–H and O–H groups in total. The van der Waals surface area contributed by atoms with Gasteiger partial charge in [-0.2, -0.15) is 0 Å². The molecular weight excluding hydrogens is 645 g/mol.